The van der Waals surface area contributed by atoms with E-state index in [0.29, 0.717) is 23.1 Å². The quantitative estimate of drug-likeness (QED) is 0.806. The Labute approximate surface area is 93.5 Å². The Balaban J connectivity index is 3.39. The van der Waals surface area contributed by atoms with Crippen LogP contribution in [-0.2, 0) is 0 Å². The van der Waals surface area contributed by atoms with Gasteiger partial charge in [0.25, 0.3) is 0 Å². The first-order valence-electron chi connectivity index (χ1n) is 4.59. The van der Waals surface area contributed by atoms with Crippen LogP contribution in [0.3, 0.4) is 0 Å². The monoisotopic (exact) mass is 228 g/mol. The van der Waals surface area contributed by atoms with Gasteiger partial charge in [-0.05, 0) is 25.5 Å². The van der Waals surface area contributed by atoms with Gasteiger partial charge in [0, 0.05) is 13.6 Å². The Bertz CT molecular complexity index is 393. The molecule has 82 valence electrons. The third kappa shape index (κ3) is 2.39. The number of pyridine rings is 1. The maximum absolute atomic E-state index is 11.1. The van der Waals surface area contributed by atoms with Gasteiger partial charge in [0.05, 0.1) is 0 Å². The Morgan fingerprint density at radius 2 is 2.27 bits per heavy atom. The summed E-state index contributed by atoms with van der Waals surface area (Å²) >= 11 is 5.80. The molecule has 0 bridgehead atoms. The van der Waals surface area contributed by atoms with E-state index in [-0.39, 0.29) is 5.56 Å². The molecular weight excluding hydrogens is 216 g/mol. The van der Waals surface area contributed by atoms with Gasteiger partial charge in [-0.1, -0.05) is 11.6 Å². The molecule has 0 aromatic carbocycles. The third-order valence-electron chi connectivity index (χ3n) is 2.22. The van der Waals surface area contributed by atoms with Crippen LogP contribution in [0.5, 0.6) is 0 Å². The Morgan fingerprint density at radius 1 is 1.67 bits per heavy atom. The minimum Gasteiger partial charge on any atom is -0.478 e. The molecule has 0 aliphatic rings. The second-order valence-corrected chi connectivity index (χ2v) is 3.67. The van der Waals surface area contributed by atoms with E-state index in [1.165, 1.54) is 0 Å². The van der Waals surface area contributed by atoms with E-state index in [1.54, 1.807) is 24.9 Å². The van der Waals surface area contributed by atoms with Gasteiger partial charge < -0.3 is 10.0 Å². The van der Waals surface area contributed by atoms with Gasteiger partial charge in [-0.3, -0.25) is 0 Å². The summed E-state index contributed by atoms with van der Waals surface area (Å²) in [4.78, 5) is 16.9. The fourth-order valence-corrected chi connectivity index (χ4v) is 1.55. The summed E-state index contributed by atoms with van der Waals surface area (Å²) in [5, 5.41) is 9.38. The maximum atomic E-state index is 11.1. The minimum atomic E-state index is -0.980. The summed E-state index contributed by atoms with van der Waals surface area (Å²) in [5.41, 5.74) is 0.835. The predicted molar refractivity (Wildman–Crippen MR) is 59.9 cm³/mol. The number of aromatic carboxylic acids is 1. The lowest BCUT2D eigenvalue weighted by Crippen LogP contribution is -2.21. The number of anilines is 1. The number of carboxylic acid groups (broad SMARTS) is 1. The molecule has 0 aliphatic heterocycles. The summed E-state index contributed by atoms with van der Waals surface area (Å²) in [6.45, 7) is 4.31. The lowest BCUT2D eigenvalue weighted by Gasteiger charge is -2.19. The lowest BCUT2D eigenvalue weighted by molar-refractivity contribution is 0.0696. The van der Waals surface area contributed by atoms with Gasteiger partial charge in [-0.15, -0.1) is 0 Å². The molecular formula is C10H13ClN2O2. The van der Waals surface area contributed by atoms with Crippen molar-refractivity contribution >= 4 is 23.4 Å². The molecule has 0 saturated heterocycles. The topological polar surface area (TPSA) is 53.4 Å². The van der Waals surface area contributed by atoms with Crippen molar-refractivity contribution in [3.63, 3.8) is 0 Å². The number of aromatic nitrogens is 1. The third-order valence-corrected chi connectivity index (χ3v) is 2.41. The van der Waals surface area contributed by atoms with E-state index in [0.717, 1.165) is 0 Å². The molecule has 1 N–H and O–H groups in total. The number of carboxylic acids is 1. The van der Waals surface area contributed by atoms with Crippen LogP contribution in [0.2, 0.25) is 5.15 Å². The highest BCUT2D eigenvalue weighted by atomic mass is 35.5. The summed E-state index contributed by atoms with van der Waals surface area (Å²) in [5.74, 6) is -0.568. The molecule has 1 aromatic rings. The van der Waals surface area contributed by atoms with Crippen LogP contribution in [-0.4, -0.2) is 29.7 Å². The van der Waals surface area contributed by atoms with Crippen LogP contribution in [0, 0.1) is 6.92 Å². The number of hydrogen-bond donors (Lipinski definition) is 1. The standard InChI is InChI=1S/C10H13ClN2O2/c1-4-13(3)9-8(10(14)15)6(2)5-7(11)12-9/h5H,4H2,1-3H3,(H,14,15). The van der Waals surface area contributed by atoms with Crippen LogP contribution in [0.1, 0.15) is 22.8 Å². The van der Waals surface area contributed by atoms with Gasteiger partial charge >= 0.3 is 5.97 Å². The zero-order valence-corrected chi connectivity index (χ0v) is 9.67. The zero-order chi connectivity index (χ0) is 11.6. The summed E-state index contributed by atoms with van der Waals surface area (Å²) in [6.07, 6.45) is 0. The maximum Gasteiger partial charge on any atom is 0.339 e. The molecule has 15 heavy (non-hydrogen) atoms. The van der Waals surface area contributed by atoms with Crippen molar-refractivity contribution in [1.82, 2.24) is 4.98 Å². The van der Waals surface area contributed by atoms with Crippen molar-refractivity contribution in [3.8, 4) is 0 Å². The highest BCUT2D eigenvalue weighted by molar-refractivity contribution is 6.29. The van der Waals surface area contributed by atoms with Crippen molar-refractivity contribution < 1.29 is 9.90 Å². The first-order valence-corrected chi connectivity index (χ1v) is 4.96. The van der Waals surface area contributed by atoms with Crippen molar-refractivity contribution in [2.24, 2.45) is 0 Å². The average Bonchev–Trinajstić information content (AvgIpc) is 2.14. The van der Waals surface area contributed by atoms with Crippen molar-refractivity contribution in [2.75, 3.05) is 18.5 Å². The van der Waals surface area contributed by atoms with Crippen LogP contribution in [0.4, 0.5) is 5.82 Å². The smallest absolute Gasteiger partial charge is 0.339 e. The number of nitrogens with zero attached hydrogens (tertiary/aromatic N) is 2. The molecule has 0 saturated carbocycles. The van der Waals surface area contributed by atoms with Crippen molar-refractivity contribution in [3.05, 3.63) is 22.3 Å². The van der Waals surface area contributed by atoms with Gasteiger partial charge in [-0.2, -0.15) is 0 Å². The molecule has 0 atom stereocenters. The van der Waals surface area contributed by atoms with Gasteiger partial charge in [-0.25, -0.2) is 9.78 Å². The fourth-order valence-electron chi connectivity index (χ4n) is 1.31. The normalized spacial score (nSPS) is 10.1. The Kier molecular flexibility index (Phi) is 3.52. The summed E-state index contributed by atoms with van der Waals surface area (Å²) < 4.78 is 0. The van der Waals surface area contributed by atoms with E-state index < -0.39 is 5.97 Å². The first kappa shape index (κ1) is 11.8. The van der Waals surface area contributed by atoms with Gasteiger partial charge in [0.15, 0.2) is 0 Å². The largest absolute Gasteiger partial charge is 0.478 e. The highest BCUT2D eigenvalue weighted by Gasteiger charge is 2.18. The van der Waals surface area contributed by atoms with Gasteiger partial charge in [0.2, 0.25) is 0 Å². The van der Waals surface area contributed by atoms with Crippen molar-refractivity contribution in [2.45, 2.75) is 13.8 Å². The second-order valence-electron chi connectivity index (χ2n) is 3.28. The average molecular weight is 229 g/mol. The molecule has 1 rings (SSSR count). The van der Waals surface area contributed by atoms with E-state index in [4.69, 9.17) is 16.7 Å². The van der Waals surface area contributed by atoms with Crippen LogP contribution >= 0.6 is 11.6 Å². The summed E-state index contributed by atoms with van der Waals surface area (Å²) in [7, 11) is 1.78. The van der Waals surface area contributed by atoms with Crippen LogP contribution in [0.25, 0.3) is 0 Å². The molecule has 0 spiro atoms. The number of carbonyl (C=O) groups is 1. The molecule has 0 amide bonds. The van der Waals surface area contributed by atoms with Crippen LogP contribution in [0.15, 0.2) is 6.07 Å². The molecule has 0 unspecified atom stereocenters. The van der Waals surface area contributed by atoms with Crippen LogP contribution < -0.4 is 4.90 Å². The highest BCUT2D eigenvalue weighted by Crippen LogP contribution is 2.23. The zero-order valence-electron chi connectivity index (χ0n) is 8.91. The number of rotatable bonds is 3. The Morgan fingerprint density at radius 3 is 2.73 bits per heavy atom. The van der Waals surface area contributed by atoms with Gasteiger partial charge in [0.1, 0.15) is 16.5 Å². The lowest BCUT2D eigenvalue weighted by atomic mass is 10.1. The number of aryl methyl sites for hydroxylation is 1. The molecule has 0 radical (unpaired) electrons. The molecule has 5 heteroatoms. The molecule has 0 aliphatic carbocycles. The van der Waals surface area contributed by atoms with E-state index >= 15 is 0 Å². The first-order chi connectivity index (χ1) is 6.97. The molecule has 1 aromatic heterocycles. The fraction of sp³-hybridized carbons (Fsp3) is 0.400. The summed E-state index contributed by atoms with van der Waals surface area (Å²) in [6, 6.07) is 1.55. The molecule has 4 nitrogen and oxygen atoms in total. The number of halogens is 1. The predicted octanol–water partition coefficient (Wildman–Crippen LogP) is 2.20. The Hall–Kier alpha value is -1.29. The second kappa shape index (κ2) is 4.49. The molecule has 0 fully saturated rings. The SMILES string of the molecule is CCN(C)c1nc(Cl)cc(C)c1C(=O)O. The molecule has 1 heterocycles. The van der Waals surface area contributed by atoms with E-state index in [2.05, 4.69) is 4.98 Å². The van der Waals surface area contributed by atoms with Crippen molar-refractivity contribution in [1.29, 1.82) is 0 Å². The number of hydrogen-bond acceptors (Lipinski definition) is 3. The minimum absolute atomic E-state index is 0.212. The van der Waals surface area contributed by atoms with E-state index in [1.807, 2.05) is 6.92 Å². The van der Waals surface area contributed by atoms with E-state index in [9.17, 15) is 4.79 Å².